The highest BCUT2D eigenvalue weighted by Gasteiger charge is 2.77. The van der Waals surface area contributed by atoms with Gasteiger partial charge < -0.3 is 24.1 Å². The van der Waals surface area contributed by atoms with Crippen LogP contribution in [0.25, 0.3) is 0 Å². The molecule has 1 aliphatic heterocycles. The van der Waals surface area contributed by atoms with Crippen LogP contribution in [0.1, 0.15) is 45.6 Å². The summed E-state index contributed by atoms with van der Waals surface area (Å²) in [5, 5.41) is 22.6. The summed E-state index contributed by atoms with van der Waals surface area (Å²) in [6, 6.07) is 1.81. The maximum Gasteiger partial charge on any atom is 0.302 e. The molecule has 2 aliphatic carbocycles. The summed E-state index contributed by atoms with van der Waals surface area (Å²) in [6.07, 6.45) is 3.18. The fraction of sp³-hybridized carbons (Fsp3) is 0.727. The Hall–Kier alpha value is -1.70. The lowest BCUT2D eigenvalue weighted by Gasteiger charge is -2.61. The van der Waals surface area contributed by atoms with Crippen LogP contribution < -0.4 is 0 Å². The number of rotatable bonds is 5. The van der Waals surface area contributed by atoms with Gasteiger partial charge in [0.15, 0.2) is 0 Å². The number of Topliss-reactive ketones (excluding diaryl/α,β-unsaturated/α-hetero) is 1. The minimum absolute atomic E-state index is 0.0412. The first-order valence-corrected chi connectivity index (χ1v) is 10.4. The molecular formula is C22H30O7. The molecule has 4 rings (SSSR count). The number of hydrogen-bond donors (Lipinski definition) is 2. The van der Waals surface area contributed by atoms with Crippen LogP contribution in [0.2, 0.25) is 0 Å². The standard InChI is InChI=1S/C22H30O7/c1-13-8-18(26)22(12-28-14(2)23)19(16(24)4-6-21(22)11-29-21)20(13,3)17(25)9-15-5-7-27-10-15/h5,7,10,13,16-17,19,24-25H,4,6,8-9,11-12H2,1-3H3/t13-,16+,17?,19-,20-,21+,22-/m1/s1. The van der Waals surface area contributed by atoms with E-state index in [4.69, 9.17) is 13.9 Å². The largest absolute Gasteiger partial charge is 0.472 e. The quantitative estimate of drug-likeness (QED) is 0.568. The molecule has 0 radical (unpaired) electrons. The summed E-state index contributed by atoms with van der Waals surface area (Å²) >= 11 is 0. The van der Waals surface area contributed by atoms with Crippen molar-refractivity contribution in [3.05, 3.63) is 24.2 Å². The summed E-state index contributed by atoms with van der Waals surface area (Å²) in [5.41, 5.74) is -1.78. The maximum absolute atomic E-state index is 13.5. The van der Waals surface area contributed by atoms with Gasteiger partial charge in [0, 0.05) is 31.1 Å². The van der Waals surface area contributed by atoms with Gasteiger partial charge in [-0.3, -0.25) is 9.59 Å². The van der Waals surface area contributed by atoms with Crippen molar-refractivity contribution in [3.8, 4) is 0 Å². The number of aliphatic hydroxyl groups is 2. The molecule has 1 unspecified atom stereocenters. The molecule has 1 aromatic rings. The Kier molecular flexibility index (Phi) is 4.91. The van der Waals surface area contributed by atoms with Crippen LogP contribution in [0.3, 0.4) is 0 Å². The molecule has 7 nitrogen and oxygen atoms in total. The summed E-state index contributed by atoms with van der Waals surface area (Å²) in [4.78, 5) is 25.2. The highest BCUT2D eigenvalue weighted by molar-refractivity contribution is 5.89. The van der Waals surface area contributed by atoms with Crippen molar-refractivity contribution in [2.75, 3.05) is 13.2 Å². The molecule has 1 aromatic heterocycles. The zero-order valence-electron chi connectivity index (χ0n) is 17.2. The van der Waals surface area contributed by atoms with Crippen molar-refractivity contribution in [1.29, 1.82) is 0 Å². The predicted octanol–water partition coefficient (Wildman–Crippen LogP) is 1.89. The van der Waals surface area contributed by atoms with E-state index in [0.717, 1.165) is 5.56 Å². The Morgan fingerprint density at radius 3 is 2.76 bits per heavy atom. The van der Waals surface area contributed by atoms with E-state index in [0.29, 0.717) is 25.9 Å². The van der Waals surface area contributed by atoms with E-state index >= 15 is 0 Å². The summed E-state index contributed by atoms with van der Waals surface area (Å²) in [5.74, 6) is -1.25. The number of carbonyl (C=O) groups is 2. The second kappa shape index (κ2) is 6.93. The smallest absolute Gasteiger partial charge is 0.302 e. The third-order valence-electron chi connectivity index (χ3n) is 8.02. The monoisotopic (exact) mass is 406 g/mol. The van der Waals surface area contributed by atoms with Gasteiger partial charge in [0.05, 0.1) is 31.3 Å². The summed E-state index contributed by atoms with van der Waals surface area (Å²) in [6.45, 7) is 5.50. The summed E-state index contributed by atoms with van der Waals surface area (Å²) < 4.78 is 16.4. The molecule has 0 amide bonds. The minimum atomic E-state index is -1.14. The van der Waals surface area contributed by atoms with Crippen LogP contribution in [0.5, 0.6) is 0 Å². The second-order valence-corrected chi connectivity index (χ2v) is 9.36. The van der Waals surface area contributed by atoms with Crippen molar-refractivity contribution in [1.82, 2.24) is 0 Å². The van der Waals surface area contributed by atoms with Gasteiger partial charge in [-0.1, -0.05) is 13.8 Å². The maximum atomic E-state index is 13.5. The Balaban J connectivity index is 1.79. The molecule has 2 heterocycles. The number of ketones is 1. The number of epoxide rings is 1. The van der Waals surface area contributed by atoms with E-state index in [2.05, 4.69) is 0 Å². The lowest BCUT2D eigenvalue weighted by Crippen LogP contribution is -2.70. The van der Waals surface area contributed by atoms with Gasteiger partial charge in [-0.05, 0) is 30.4 Å². The molecule has 29 heavy (non-hydrogen) atoms. The Labute approximate surface area is 170 Å². The zero-order valence-corrected chi connectivity index (χ0v) is 17.2. The highest BCUT2D eigenvalue weighted by Crippen LogP contribution is 2.67. The van der Waals surface area contributed by atoms with Gasteiger partial charge >= 0.3 is 5.97 Å². The number of hydrogen-bond acceptors (Lipinski definition) is 7. The number of fused-ring (bicyclic) bond motifs is 2. The zero-order chi connectivity index (χ0) is 21.0. The number of carbonyl (C=O) groups excluding carboxylic acids is 2. The van der Waals surface area contributed by atoms with Crippen LogP contribution in [0.4, 0.5) is 0 Å². The van der Waals surface area contributed by atoms with Gasteiger partial charge in [-0.25, -0.2) is 0 Å². The highest BCUT2D eigenvalue weighted by atomic mass is 16.6. The van der Waals surface area contributed by atoms with Gasteiger partial charge in [0.1, 0.15) is 23.4 Å². The van der Waals surface area contributed by atoms with Crippen molar-refractivity contribution >= 4 is 11.8 Å². The number of aliphatic hydroxyl groups excluding tert-OH is 2. The van der Waals surface area contributed by atoms with E-state index in [1.165, 1.54) is 6.92 Å². The number of ether oxygens (including phenoxy) is 2. The minimum Gasteiger partial charge on any atom is -0.472 e. The van der Waals surface area contributed by atoms with Crippen LogP contribution >= 0.6 is 0 Å². The second-order valence-electron chi connectivity index (χ2n) is 9.36. The van der Waals surface area contributed by atoms with Gasteiger partial charge in [0.2, 0.25) is 0 Å². The molecule has 7 heteroatoms. The normalized spacial score (nSPS) is 42.4. The Morgan fingerprint density at radius 2 is 2.17 bits per heavy atom. The van der Waals surface area contributed by atoms with Gasteiger partial charge in [-0.2, -0.15) is 0 Å². The van der Waals surface area contributed by atoms with E-state index in [1.54, 1.807) is 18.6 Å². The molecule has 3 fully saturated rings. The molecule has 2 N–H and O–H groups in total. The number of furan rings is 1. The lowest BCUT2D eigenvalue weighted by molar-refractivity contribution is -0.219. The van der Waals surface area contributed by atoms with Crippen molar-refractivity contribution in [2.24, 2.45) is 22.7 Å². The summed E-state index contributed by atoms with van der Waals surface area (Å²) in [7, 11) is 0. The first-order chi connectivity index (χ1) is 13.7. The lowest BCUT2D eigenvalue weighted by atomic mass is 9.42. The average molecular weight is 406 g/mol. The van der Waals surface area contributed by atoms with Crippen LogP contribution in [0.15, 0.2) is 23.0 Å². The predicted molar refractivity (Wildman–Crippen MR) is 102 cm³/mol. The average Bonchev–Trinajstić information content (AvgIpc) is 3.27. The Bertz CT molecular complexity index is 783. The van der Waals surface area contributed by atoms with E-state index in [1.807, 2.05) is 13.8 Å². The molecule has 2 saturated carbocycles. The SMILES string of the molecule is CC(=O)OC[C@@]12C(=O)C[C@@H](C)[C@](C)(C(O)Cc3ccoc3)[C@H]1[C@@H](O)CC[C@]21CO1. The molecule has 0 aromatic carbocycles. The van der Waals surface area contributed by atoms with Crippen LogP contribution in [0, 0.1) is 22.7 Å². The topological polar surface area (TPSA) is 110 Å². The molecule has 1 saturated heterocycles. The van der Waals surface area contributed by atoms with Gasteiger partial charge in [0.25, 0.3) is 0 Å². The molecule has 7 atom stereocenters. The van der Waals surface area contributed by atoms with Gasteiger partial charge in [-0.15, -0.1) is 0 Å². The number of esters is 1. The fourth-order valence-corrected chi connectivity index (χ4v) is 6.14. The molecule has 3 aliphatic rings. The Morgan fingerprint density at radius 1 is 1.45 bits per heavy atom. The van der Waals surface area contributed by atoms with Crippen molar-refractivity contribution in [3.63, 3.8) is 0 Å². The van der Waals surface area contributed by atoms with Crippen LogP contribution in [-0.4, -0.2) is 53.0 Å². The molecular weight excluding hydrogens is 376 g/mol. The molecule has 160 valence electrons. The van der Waals surface area contributed by atoms with Crippen molar-refractivity contribution < 1.29 is 33.7 Å². The third-order valence-corrected chi connectivity index (χ3v) is 8.02. The van der Waals surface area contributed by atoms with E-state index in [-0.39, 0.29) is 24.7 Å². The van der Waals surface area contributed by atoms with Crippen molar-refractivity contribution in [2.45, 2.75) is 64.3 Å². The molecule has 0 bridgehead atoms. The van der Waals surface area contributed by atoms with E-state index in [9.17, 15) is 19.8 Å². The fourth-order valence-electron chi connectivity index (χ4n) is 6.14. The third kappa shape index (κ3) is 2.89. The molecule has 1 spiro atoms. The first kappa shape index (κ1) is 20.6. The van der Waals surface area contributed by atoms with Crippen LogP contribution in [-0.2, 0) is 25.5 Å². The first-order valence-electron chi connectivity index (χ1n) is 10.4. The van der Waals surface area contributed by atoms with E-state index < -0.39 is 40.5 Å².